The maximum absolute atomic E-state index is 12.8. The maximum Gasteiger partial charge on any atom is 0.197 e. The summed E-state index contributed by atoms with van der Waals surface area (Å²) in [6.07, 6.45) is 0.863. The van der Waals surface area contributed by atoms with Crippen LogP contribution in [0.3, 0.4) is 0 Å². The van der Waals surface area contributed by atoms with Crippen LogP contribution in [0.2, 0.25) is 0 Å². The SMILES string of the molecule is Cc1cccc(C(=O)c2cc(Br)cc3c2OCC3)c1C. The Morgan fingerprint density at radius 1 is 1.20 bits per heavy atom. The molecule has 1 heterocycles. The number of carbonyl (C=O) groups is 1. The van der Waals surface area contributed by atoms with E-state index in [4.69, 9.17) is 4.74 Å². The highest BCUT2D eigenvalue weighted by molar-refractivity contribution is 9.10. The molecule has 2 nitrogen and oxygen atoms in total. The van der Waals surface area contributed by atoms with Crippen LogP contribution in [0, 0.1) is 13.8 Å². The first-order valence-electron chi connectivity index (χ1n) is 6.64. The van der Waals surface area contributed by atoms with Crippen molar-refractivity contribution in [2.75, 3.05) is 6.61 Å². The molecule has 0 spiro atoms. The van der Waals surface area contributed by atoms with Gasteiger partial charge >= 0.3 is 0 Å². The molecule has 0 unspecified atom stereocenters. The van der Waals surface area contributed by atoms with E-state index in [-0.39, 0.29) is 5.78 Å². The van der Waals surface area contributed by atoms with Crippen LogP contribution in [0.4, 0.5) is 0 Å². The molecule has 0 fully saturated rings. The van der Waals surface area contributed by atoms with Crippen molar-refractivity contribution in [1.82, 2.24) is 0 Å². The van der Waals surface area contributed by atoms with Crippen molar-refractivity contribution in [3.8, 4) is 5.75 Å². The van der Waals surface area contributed by atoms with Crippen LogP contribution in [0.5, 0.6) is 5.75 Å². The molecule has 102 valence electrons. The van der Waals surface area contributed by atoms with Gasteiger partial charge in [-0.1, -0.05) is 34.1 Å². The van der Waals surface area contributed by atoms with Gasteiger partial charge in [0.2, 0.25) is 0 Å². The molecule has 3 rings (SSSR count). The van der Waals surface area contributed by atoms with Gasteiger partial charge in [0, 0.05) is 16.5 Å². The number of aryl methyl sites for hydroxylation is 1. The quantitative estimate of drug-likeness (QED) is 0.770. The minimum atomic E-state index is 0.0330. The number of ketones is 1. The molecule has 0 N–H and O–H groups in total. The molecule has 1 aliphatic heterocycles. The van der Waals surface area contributed by atoms with Crippen LogP contribution < -0.4 is 4.74 Å². The third kappa shape index (κ3) is 2.16. The van der Waals surface area contributed by atoms with Gasteiger partial charge in [0.15, 0.2) is 5.78 Å². The standard InChI is InChI=1S/C17H15BrO2/c1-10-4-3-5-14(11(10)2)16(19)15-9-13(18)8-12-6-7-20-17(12)15/h3-5,8-9H,6-7H2,1-2H3. The first-order chi connectivity index (χ1) is 9.58. The van der Waals surface area contributed by atoms with Gasteiger partial charge in [-0.05, 0) is 42.7 Å². The van der Waals surface area contributed by atoms with E-state index in [9.17, 15) is 4.79 Å². The fourth-order valence-electron chi connectivity index (χ4n) is 2.58. The summed E-state index contributed by atoms with van der Waals surface area (Å²) < 4.78 is 6.58. The highest BCUT2D eigenvalue weighted by Crippen LogP contribution is 2.34. The van der Waals surface area contributed by atoms with E-state index in [1.807, 2.05) is 44.2 Å². The van der Waals surface area contributed by atoms with Crippen molar-refractivity contribution >= 4 is 21.7 Å². The maximum atomic E-state index is 12.8. The lowest BCUT2D eigenvalue weighted by molar-refractivity contribution is 0.103. The number of halogens is 1. The van der Waals surface area contributed by atoms with E-state index < -0.39 is 0 Å². The van der Waals surface area contributed by atoms with Gasteiger partial charge in [0.1, 0.15) is 5.75 Å². The number of hydrogen-bond donors (Lipinski definition) is 0. The van der Waals surface area contributed by atoms with E-state index in [1.54, 1.807) is 0 Å². The van der Waals surface area contributed by atoms with Crippen molar-refractivity contribution in [2.24, 2.45) is 0 Å². The van der Waals surface area contributed by atoms with E-state index >= 15 is 0 Å². The minimum Gasteiger partial charge on any atom is -0.492 e. The predicted molar refractivity (Wildman–Crippen MR) is 82.7 cm³/mol. The summed E-state index contributed by atoms with van der Waals surface area (Å²) in [5.41, 5.74) is 4.67. The van der Waals surface area contributed by atoms with Crippen molar-refractivity contribution < 1.29 is 9.53 Å². The van der Waals surface area contributed by atoms with Crippen molar-refractivity contribution in [3.05, 3.63) is 62.6 Å². The van der Waals surface area contributed by atoms with E-state index in [0.29, 0.717) is 12.2 Å². The molecular weight excluding hydrogens is 316 g/mol. The average Bonchev–Trinajstić information content (AvgIpc) is 2.88. The normalized spacial score (nSPS) is 12.9. The average molecular weight is 331 g/mol. The summed E-state index contributed by atoms with van der Waals surface area (Å²) in [6.45, 7) is 4.66. The highest BCUT2D eigenvalue weighted by atomic mass is 79.9. The zero-order valence-electron chi connectivity index (χ0n) is 11.5. The molecule has 0 atom stereocenters. The molecule has 0 aromatic heterocycles. The molecule has 2 aromatic carbocycles. The van der Waals surface area contributed by atoms with Crippen LogP contribution in [-0.4, -0.2) is 12.4 Å². The Hall–Kier alpha value is -1.61. The van der Waals surface area contributed by atoms with E-state index in [1.165, 1.54) is 0 Å². The molecule has 0 saturated carbocycles. The van der Waals surface area contributed by atoms with Gasteiger partial charge in [-0.15, -0.1) is 0 Å². The minimum absolute atomic E-state index is 0.0330. The molecule has 0 aliphatic carbocycles. The number of ether oxygens (including phenoxy) is 1. The Morgan fingerprint density at radius 3 is 2.80 bits per heavy atom. The number of rotatable bonds is 2. The van der Waals surface area contributed by atoms with Crippen molar-refractivity contribution in [1.29, 1.82) is 0 Å². The Morgan fingerprint density at radius 2 is 2.00 bits per heavy atom. The molecule has 2 aromatic rings. The number of carbonyl (C=O) groups excluding carboxylic acids is 1. The molecule has 1 aliphatic rings. The lowest BCUT2D eigenvalue weighted by Gasteiger charge is -2.11. The first-order valence-corrected chi connectivity index (χ1v) is 7.43. The Bertz CT molecular complexity index is 704. The van der Waals surface area contributed by atoms with Gasteiger partial charge in [0.25, 0.3) is 0 Å². The summed E-state index contributed by atoms with van der Waals surface area (Å²) >= 11 is 3.48. The van der Waals surface area contributed by atoms with Crippen LogP contribution in [0.15, 0.2) is 34.8 Å². The monoisotopic (exact) mass is 330 g/mol. The van der Waals surface area contributed by atoms with Gasteiger partial charge in [-0.3, -0.25) is 4.79 Å². The predicted octanol–water partition coefficient (Wildman–Crippen LogP) is 4.23. The van der Waals surface area contributed by atoms with Crippen LogP contribution in [0.1, 0.15) is 32.6 Å². The second kappa shape index (κ2) is 5.06. The molecule has 0 saturated heterocycles. The summed E-state index contributed by atoms with van der Waals surface area (Å²) in [6, 6.07) is 9.71. The molecular formula is C17H15BrO2. The summed E-state index contributed by atoms with van der Waals surface area (Å²) in [5.74, 6) is 0.782. The van der Waals surface area contributed by atoms with Crippen LogP contribution in [-0.2, 0) is 6.42 Å². The summed E-state index contributed by atoms with van der Waals surface area (Å²) in [7, 11) is 0. The Labute approximate surface area is 126 Å². The summed E-state index contributed by atoms with van der Waals surface area (Å²) in [5, 5.41) is 0. The zero-order valence-corrected chi connectivity index (χ0v) is 13.1. The lowest BCUT2D eigenvalue weighted by Crippen LogP contribution is -2.06. The highest BCUT2D eigenvalue weighted by Gasteiger charge is 2.23. The largest absolute Gasteiger partial charge is 0.492 e. The van der Waals surface area contributed by atoms with E-state index in [0.717, 1.165) is 38.9 Å². The molecule has 0 amide bonds. The third-order valence-corrected chi connectivity index (χ3v) is 4.30. The third-order valence-electron chi connectivity index (χ3n) is 3.84. The van der Waals surface area contributed by atoms with Gasteiger partial charge in [-0.25, -0.2) is 0 Å². The van der Waals surface area contributed by atoms with Gasteiger partial charge < -0.3 is 4.74 Å². The Kier molecular flexibility index (Phi) is 3.38. The van der Waals surface area contributed by atoms with Gasteiger partial charge in [0.05, 0.1) is 12.2 Å². The second-order valence-corrected chi connectivity index (χ2v) is 6.03. The lowest BCUT2D eigenvalue weighted by atomic mass is 9.94. The van der Waals surface area contributed by atoms with Crippen LogP contribution >= 0.6 is 15.9 Å². The second-order valence-electron chi connectivity index (χ2n) is 5.12. The van der Waals surface area contributed by atoms with Crippen molar-refractivity contribution in [2.45, 2.75) is 20.3 Å². The number of benzene rings is 2. The molecule has 0 bridgehead atoms. The van der Waals surface area contributed by atoms with Crippen molar-refractivity contribution in [3.63, 3.8) is 0 Å². The topological polar surface area (TPSA) is 26.3 Å². The number of hydrogen-bond acceptors (Lipinski definition) is 2. The summed E-state index contributed by atoms with van der Waals surface area (Å²) in [4.78, 5) is 12.8. The van der Waals surface area contributed by atoms with Gasteiger partial charge in [-0.2, -0.15) is 0 Å². The van der Waals surface area contributed by atoms with Crippen LogP contribution in [0.25, 0.3) is 0 Å². The fourth-order valence-corrected chi connectivity index (χ4v) is 3.09. The fraction of sp³-hybridized carbons (Fsp3) is 0.235. The first kappa shape index (κ1) is 13.4. The molecule has 0 radical (unpaired) electrons. The number of fused-ring (bicyclic) bond motifs is 1. The Balaban J connectivity index is 2.14. The zero-order chi connectivity index (χ0) is 14.3. The smallest absolute Gasteiger partial charge is 0.197 e. The van der Waals surface area contributed by atoms with E-state index in [2.05, 4.69) is 15.9 Å². The molecule has 3 heteroatoms. The molecule has 20 heavy (non-hydrogen) atoms.